The number of carbonyl (C=O) groups excluding carboxylic acids is 1. The number of nitrogens with zero attached hydrogens (tertiary/aromatic N) is 1. The maximum Gasteiger partial charge on any atom is 0.222 e. The number of para-hydroxylation sites is 1. The third-order valence-corrected chi connectivity index (χ3v) is 3.61. The molecule has 2 aromatic rings. The maximum atomic E-state index is 11.9. The normalized spacial score (nSPS) is 10.9. The Hall–Kier alpha value is -3.02. The summed E-state index contributed by atoms with van der Waals surface area (Å²) in [6.45, 7) is 2.21. The van der Waals surface area contributed by atoms with Crippen LogP contribution < -0.4 is 20.7 Å². The van der Waals surface area contributed by atoms with Crippen molar-refractivity contribution in [2.45, 2.75) is 13.0 Å². The quantitative estimate of drug-likeness (QED) is 0.365. The summed E-state index contributed by atoms with van der Waals surface area (Å²) in [6, 6.07) is 19.5. The number of rotatable bonds is 9. The number of amides is 1. The van der Waals surface area contributed by atoms with Gasteiger partial charge in [0.15, 0.2) is 5.96 Å². The van der Waals surface area contributed by atoms with Crippen LogP contribution in [0.15, 0.2) is 65.7 Å². The summed E-state index contributed by atoms with van der Waals surface area (Å²) in [7, 11) is 1.70. The van der Waals surface area contributed by atoms with Gasteiger partial charge in [-0.15, -0.1) is 0 Å². The van der Waals surface area contributed by atoms with E-state index in [-0.39, 0.29) is 5.91 Å². The molecule has 0 aliphatic carbocycles. The lowest BCUT2D eigenvalue weighted by atomic mass is 10.2. The predicted octanol–water partition coefficient (Wildman–Crippen LogP) is 1.94. The molecule has 2 rings (SSSR count). The van der Waals surface area contributed by atoms with Gasteiger partial charge in [0.1, 0.15) is 12.4 Å². The first-order chi connectivity index (χ1) is 12.8. The molecule has 6 heteroatoms. The van der Waals surface area contributed by atoms with Crippen LogP contribution in [-0.2, 0) is 11.3 Å². The van der Waals surface area contributed by atoms with Gasteiger partial charge in [-0.05, 0) is 17.7 Å². The van der Waals surface area contributed by atoms with Crippen LogP contribution in [0.4, 0.5) is 0 Å². The summed E-state index contributed by atoms with van der Waals surface area (Å²) in [5.41, 5.74) is 1.09. The van der Waals surface area contributed by atoms with Crippen LogP contribution in [0.5, 0.6) is 5.75 Å². The van der Waals surface area contributed by atoms with Crippen LogP contribution in [0, 0.1) is 0 Å². The van der Waals surface area contributed by atoms with E-state index in [9.17, 15) is 4.79 Å². The minimum Gasteiger partial charge on any atom is -0.492 e. The number of aliphatic imine (C=N–C) groups is 1. The highest BCUT2D eigenvalue weighted by Crippen LogP contribution is 2.07. The van der Waals surface area contributed by atoms with Crippen LogP contribution in [0.1, 0.15) is 12.0 Å². The molecule has 0 atom stereocenters. The Kier molecular flexibility index (Phi) is 8.55. The standard InChI is InChI=1S/C20H26N4O2/c1-21-20(23-14-15-26-18-10-6-3-7-11-18)22-13-12-19(25)24-16-17-8-4-2-5-9-17/h2-11H,12-16H2,1H3,(H,24,25)(H2,21,22,23). The number of guanidine groups is 1. The van der Waals surface area contributed by atoms with Gasteiger partial charge in [-0.2, -0.15) is 0 Å². The zero-order valence-electron chi connectivity index (χ0n) is 15.1. The number of ether oxygens (including phenoxy) is 1. The number of hydrogen-bond acceptors (Lipinski definition) is 3. The van der Waals surface area contributed by atoms with Gasteiger partial charge in [-0.3, -0.25) is 9.79 Å². The molecular weight excluding hydrogens is 328 g/mol. The number of nitrogens with one attached hydrogen (secondary N) is 3. The monoisotopic (exact) mass is 354 g/mol. The van der Waals surface area contributed by atoms with E-state index in [2.05, 4.69) is 20.9 Å². The average molecular weight is 354 g/mol. The molecule has 0 radical (unpaired) electrons. The van der Waals surface area contributed by atoms with Gasteiger partial charge < -0.3 is 20.7 Å². The lowest BCUT2D eigenvalue weighted by Crippen LogP contribution is -2.40. The third kappa shape index (κ3) is 7.70. The topological polar surface area (TPSA) is 74.8 Å². The van der Waals surface area contributed by atoms with Crippen molar-refractivity contribution in [2.24, 2.45) is 4.99 Å². The van der Waals surface area contributed by atoms with E-state index >= 15 is 0 Å². The second-order valence-electron chi connectivity index (χ2n) is 5.60. The molecule has 0 saturated heterocycles. The predicted molar refractivity (Wildman–Crippen MR) is 104 cm³/mol. The highest BCUT2D eigenvalue weighted by Gasteiger charge is 2.03. The maximum absolute atomic E-state index is 11.9. The molecule has 0 heterocycles. The Balaban J connectivity index is 1.56. The molecule has 0 saturated carbocycles. The van der Waals surface area contributed by atoms with Gasteiger partial charge in [-0.25, -0.2) is 0 Å². The molecule has 2 aromatic carbocycles. The first kappa shape index (κ1) is 19.3. The molecule has 0 aliphatic heterocycles. The van der Waals surface area contributed by atoms with Crippen molar-refractivity contribution in [1.29, 1.82) is 0 Å². The van der Waals surface area contributed by atoms with Gasteiger partial charge in [0.2, 0.25) is 5.91 Å². The van der Waals surface area contributed by atoms with Crippen molar-refractivity contribution < 1.29 is 9.53 Å². The summed E-state index contributed by atoms with van der Waals surface area (Å²) in [5, 5.41) is 9.18. The first-order valence-electron chi connectivity index (χ1n) is 8.71. The SMILES string of the molecule is CN=C(NCCOc1ccccc1)NCCC(=O)NCc1ccccc1. The Bertz CT molecular complexity index is 675. The van der Waals surface area contributed by atoms with Crippen molar-refractivity contribution >= 4 is 11.9 Å². The molecule has 0 unspecified atom stereocenters. The van der Waals surface area contributed by atoms with Gasteiger partial charge in [-0.1, -0.05) is 48.5 Å². The fourth-order valence-electron chi connectivity index (χ4n) is 2.25. The van der Waals surface area contributed by atoms with E-state index in [1.165, 1.54) is 0 Å². The summed E-state index contributed by atoms with van der Waals surface area (Å²) in [5.74, 6) is 1.49. The summed E-state index contributed by atoms with van der Waals surface area (Å²) in [6.07, 6.45) is 0.383. The fraction of sp³-hybridized carbons (Fsp3) is 0.300. The van der Waals surface area contributed by atoms with Gasteiger partial charge in [0, 0.05) is 26.6 Å². The Morgan fingerprint density at radius 1 is 0.923 bits per heavy atom. The van der Waals surface area contributed by atoms with E-state index < -0.39 is 0 Å². The van der Waals surface area contributed by atoms with Crippen LogP contribution in [-0.4, -0.2) is 38.6 Å². The molecule has 1 amide bonds. The Morgan fingerprint density at radius 2 is 1.58 bits per heavy atom. The number of hydrogen-bond donors (Lipinski definition) is 3. The van der Waals surface area contributed by atoms with Crippen molar-refractivity contribution in [3.8, 4) is 5.75 Å². The van der Waals surface area contributed by atoms with Gasteiger partial charge in [0.05, 0.1) is 6.54 Å². The molecule has 0 spiro atoms. The Morgan fingerprint density at radius 3 is 2.27 bits per heavy atom. The van der Waals surface area contributed by atoms with Crippen LogP contribution in [0.3, 0.4) is 0 Å². The van der Waals surface area contributed by atoms with Crippen LogP contribution in [0.2, 0.25) is 0 Å². The highest BCUT2D eigenvalue weighted by atomic mass is 16.5. The van der Waals surface area contributed by atoms with Crippen molar-refractivity contribution in [3.63, 3.8) is 0 Å². The van der Waals surface area contributed by atoms with Crippen LogP contribution >= 0.6 is 0 Å². The zero-order valence-corrected chi connectivity index (χ0v) is 15.1. The zero-order chi connectivity index (χ0) is 18.5. The van der Waals surface area contributed by atoms with E-state index in [1.54, 1.807) is 7.05 Å². The first-order valence-corrected chi connectivity index (χ1v) is 8.71. The van der Waals surface area contributed by atoms with Crippen LogP contribution in [0.25, 0.3) is 0 Å². The number of carbonyl (C=O) groups is 1. The van der Waals surface area contributed by atoms with E-state index in [4.69, 9.17) is 4.74 Å². The van der Waals surface area contributed by atoms with Crippen molar-refractivity contribution in [3.05, 3.63) is 66.2 Å². The molecule has 0 aliphatic rings. The smallest absolute Gasteiger partial charge is 0.222 e. The molecule has 138 valence electrons. The minimum absolute atomic E-state index is 0.00390. The molecule has 26 heavy (non-hydrogen) atoms. The minimum atomic E-state index is 0.00390. The fourth-order valence-corrected chi connectivity index (χ4v) is 2.25. The summed E-state index contributed by atoms with van der Waals surface area (Å²) < 4.78 is 5.61. The van der Waals surface area contributed by atoms with Gasteiger partial charge >= 0.3 is 0 Å². The van der Waals surface area contributed by atoms with Crippen molar-refractivity contribution in [2.75, 3.05) is 26.7 Å². The number of benzene rings is 2. The summed E-state index contributed by atoms with van der Waals surface area (Å²) in [4.78, 5) is 16.0. The second-order valence-corrected chi connectivity index (χ2v) is 5.60. The lowest BCUT2D eigenvalue weighted by molar-refractivity contribution is -0.121. The third-order valence-electron chi connectivity index (χ3n) is 3.61. The molecule has 0 fully saturated rings. The van der Waals surface area contributed by atoms with E-state index in [0.717, 1.165) is 11.3 Å². The Labute approximate surface area is 154 Å². The molecule has 3 N–H and O–H groups in total. The highest BCUT2D eigenvalue weighted by molar-refractivity contribution is 5.81. The second kappa shape index (κ2) is 11.5. The largest absolute Gasteiger partial charge is 0.492 e. The average Bonchev–Trinajstić information content (AvgIpc) is 2.70. The molecule has 0 bridgehead atoms. The van der Waals surface area contributed by atoms with Crippen molar-refractivity contribution in [1.82, 2.24) is 16.0 Å². The van der Waals surface area contributed by atoms with E-state index in [0.29, 0.717) is 38.6 Å². The van der Waals surface area contributed by atoms with Gasteiger partial charge in [0.25, 0.3) is 0 Å². The van der Waals surface area contributed by atoms with E-state index in [1.807, 2.05) is 60.7 Å². The molecular formula is C20H26N4O2. The lowest BCUT2D eigenvalue weighted by Gasteiger charge is -2.12. The summed E-state index contributed by atoms with van der Waals surface area (Å²) >= 11 is 0. The molecule has 0 aromatic heterocycles. The molecule has 6 nitrogen and oxygen atoms in total.